The largest absolute Gasteiger partial charge is 0.373 e. The van der Waals surface area contributed by atoms with E-state index in [4.69, 9.17) is 4.74 Å². The van der Waals surface area contributed by atoms with Crippen LogP contribution in [0.1, 0.15) is 24.8 Å². The Morgan fingerprint density at radius 1 is 1.21 bits per heavy atom. The van der Waals surface area contributed by atoms with Gasteiger partial charge in [-0.3, -0.25) is 0 Å². The Morgan fingerprint density at radius 3 is 2.58 bits per heavy atom. The third kappa shape index (κ3) is 2.63. The summed E-state index contributed by atoms with van der Waals surface area (Å²) >= 11 is 0. The number of nitrogens with one attached hydrogen (secondary N) is 1. The van der Waals surface area contributed by atoms with Gasteiger partial charge >= 0.3 is 0 Å². The van der Waals surface area contributed by atoms with Crippen LogP contribution in [0.25, 0.3) is 0 Å². The number of benzene rings is 1. The Hall–Kier alpha value is -1.06. The first-order chi connectivity index (χ1) is 9.19. The molecule has 0 amide bonds. The molecular formula is C16H24N2O. The zero-order valence-electron chi connectivity index (χ0n) is 12.0. The lowest BCUT2D eigenvalue weighted by molar-refractivity contribution is -0.0192. The fourth-order valence-corrected chi connectivity index (χ4v) is 3.29. The Bertz CT molecular complexity index is 423. The molecular weight excluding hydrogens is 236 g/mol. The van der Waals surface area contributed by atoms with Crippen LogP contribution < -0.4 is 10.2 Å². The van der Waals surface area contributed by atoms with Crippen molar-refractivity contribution in [1.82, 2.24) is 5.32 Å². The molecule has 19 heavy (non-hydrogen) atoms. The molecule has 2 fully saturated rings. The topological polar surface area (TPSA) is 24.5 Å². The van der Waals surface area contributed by atoms with Crippen LogP contribution in [-0.4, -0.2) is 38.4 Å². The van der Waals surface area contributed by atoms with E-state index in [1.807, 2.05) is 0 Å². The predicted molar refractivity (Wildman–Crippen MR) is 78.8 cm³/mol. The number of likely N-dealkylation sites (N-methyl/N-ethyl adjacent to an activating group) is 1. The Balaban J connectivity index is 1.68. The second kappa shape index (κ2) is 5.14. The molecule has 0 radical (unpaired) electrons. The summed E-state index contributed by atoms with van der Waals surface area (Å²) in [6.07, 6.45) is 3.48. The van der Waals surface area contributed by atoms with Crippen LogP contribution >= 0.6 is 0 Å². The highest BCUT2D eigenvalue weighted by Crippen LogP contribution is 2.36. The zero-order valence-corrected chi connectivity index (χ0v) is 12.0. The summed E-state index contributed by atoms with van der Waals surface area (Å²) in [5.41, 5.74) is 2.76. The van der Waals surface area contributed by atoms with Crippen molar-refractivity contribution in [2.24, 2.45) is 0 Å². The predicted octanol–water partition coefficient (Wildman–Crippen LogP) is 2.34. The maximum Gasteiger partial charge on any atom is 0.0728 e. The van der Waals surface area contributed by atoms with Crippen LogP contribution in [0, 0.1) is 6.92 Å². The summed E-state index contributed by atoms with van der Waals surface area (Å²) in [6, 6.07) is 9.30. The van der Waals surface area contributed by atoms with Crippen LogP contribution in [0.4, 0.5) is 5.69 Å². The summed E-state index contributed by atoms with van der Waals surface area (Å²) in [6.45, 7) is 5.19. The number of hydrogen-bond donors (Lipinski definition) is 1. The van der Waals surface area contributed by atoms with E-state index in [-0.39, 0.29) is 5.60 Å². The summed E-state index contributed by atoms with van der Waals surface area (Å²) in [5.74, 6) is 0. The number of hydrogen-bond acceptors (Lipinski definition) is 3. The molecule has 0 bridgehead atoms. The van der Waals surface area contributed by atoms with Crippen molar-refractivity contribution in [2.45, 2.75) is 37.8 Å². The number of ether oxygens (including phenoxy) is 1. The second-order valence-electron chi connectivity index (χ2n) is 6.05. The Kier molecular flexibility index (Phi) is 3.50. The number of anilines is 1. The quantitative estimate of drug-likeness (QED) is 0.883. The van der Waals surface area contributed by atoms with Crippen LogP contribution in [-0.2, 0) is 4.74 Å². The molecule has 1 N–H and O–H groups in total. The maximum atomic E-state index is 6.18. The molecule has 104 valence electrons. The van der Waals surface area contributed by atoms with Gasteiger partial charge in [0.05, 0.1) is 18.2 Å². The highest BCUT2D eigenvalue weighted by Gasteiger charge is 2.42. The molecule has 0 aromatic heterocycles. The molecule has 3 rings (SSSR count). The third-order valence-electron chi connectivity index (χ3n) is 4.69. The normalized spacial score (nSPS) is 25.7. The average molecular weight is 260 g/mol. The van der Waals surface area contributed by atoms with Gasteiger partial charge in [0.15, 0.2) is 0 Å². The van der Waals surface area contributed by atoms with Crippen LogP contribution in [0.3, 0.4) is 0 Å². The minimum Gasteiger partial charge on any atom is -0.373 e. The third-order valence-corrected chi connectivity index (χ3v) is 4.69. The van der Waals surface area contributed by atoms with Gasteiger partial charge < -0.3 is 15.0 Å². The van der Waals surface area contributed by atoms with Crippen molar-refractivity contribution in [3.8, 4) is 0 Å². The van der Waals surface area contributed by atoms with Crippen molar-refractivity contribution in [1.29, 1.82) is 0 Å². The molecule has 2 aliphatic heterocycles. The van der Waals surface area contributed by atoms with E-state index in [1.165, 1.54) is 17.7 Å². The van der Waals surface area contributed by atoms with Crippen molar-refractivity contribution in [3.05, 3.63) is 29.8 Å². The molecule has 2 heterocycles. The first-order valence-corrected chi connectivity index (χ1v) is 7.33. The zero-order chi connectivity index (χ0) is 13.3. The van der Waals surface area contributed by atoms with Crippen molar-refractivity contribution in [2.75, 3.05) is 31.6 Å². The van der Waals surface area contributed by atoms with Gasteiger partial charge in [0.25, 0.3) is 0 Å². The molecule has 2 saturated heterocycles. The van der Waals surface area contributed by atoms with E-state index in [2.05, 4.69) is 48.5 Å². The van der Waals surface area contributed by atoms with Gasteiger partial charge in [0, 0.05) is 12.7 Å². The van der Waals surface area contributed by atoms with Crippen molar-refractivity contribution in [3.63, 3.8) is 0 Å². The highest BCUT2D eigenvalue weighted by atomic mass is 16.5. The molecule has 1 atom stereocenters. The van der Waals surface area contributed by atoms with Gasteiger partial charge in [0.1, 0.15) is 0 Å². The molecule has 0 saturated carbocycles. The Labute approximate surface area is 115 Å². The van der Waals surface area contributed by atoms with E-state index in [0.29, 0.717) is 6.04 Å². The molecule has 1 aromatic rings. The lowest BCUT2D eigenvalue weighted by atomic mass is 9.88. The fraction of sp³-hybridized carbons (Fsp3) is 0.625. The maximum absolute atomic E-state index is 6.18. The van der Waals surface area contributed by atoms with E-state index >= 15 is 0 Å². The molecule has 1 unspecified atom stereocenters. The lowest BCUT2D eigenvalue weighted by Gasteiger charge is -2.33. The smallest absolute Gasteiger partial charge is 0.0728 e. The molecule has 1 aromatic carbocycles. The average Bonchev–Trinajstić information content (AvgIpc) is 2.83. The van der Waals surface area contributed by atoms with Crippen molar-refractivity contribution < 1.29 is 4.74 Å². The second-order valence-corrected chi connectivity index (χ2v) is 6.05. The van der Waals surface area contributed by atoms with E-state index in [1.54, 1.807) is 0 Å². The van der Waals surface area contributed by atoms with Gasteiger partial charge in [-0.25, -0.2) is 0 Å². The molecule has 2 aliphatic rings. The number of piperidine rings is 1. The fourth-order valence-electron chi connectivity index (χ4n) is 3.29. The monoisotopic (exact) mass is 260 g/mol. The molecule has 3 heteroatoms. The van der Waals surface area contributed by atoms with Crippen molar-refractivity contribution >= 4 is 5.69 Å². The van der Waals surface area contributed by atoms with Crippen LogP contribution in [0.5, 0.6) is 0 Å². The first kappa shape index (κ1) is 12.9. The summed E-state index contributed by atoms with van der Waals surface area (Å²) in [4.78, 5) is 2.39. The number of rotatable bonds is 2. The van der Waals surface area contributed by atoms with Gasteiger partial charge in [-0.05, 0) is 51.4 Å². The minimum absolute atomic E-state index is 0.148. The van der Waals surface area contributed by atoms with Crippen LogP contribution in [0.15, 0.2) is 24.3 Å². The van der Waals surface area contributed by atoms with Crippen LogP contribution in [0.2, 0.25) is 0 Å². The SMILES string of the molecule is Cc1ccc(N(C)C2COC3(CCNCC3)C2)cc1. The first-order valence-electron chi connectivity index (χ1n) is 7.33. The summed E-state index contributed by atoms with van der Waals surface area (Å²) < 4.78 is 6.18. The van der Waals surface area contributed by atoms with E-state index in [9.17, 15) is 0 Å². The van der Waals surface area contributed by atoms with Gasteiger partial charge in [-0.2, -0.15) is 0 Å². The minimum atomic E-state index is 0.148. The highest BCUT2D eigenvalue weighted by molar-refractivity contribution is 5.48. The molecule has 0 aliphatic carbocycles. The molecule has 3 nitrogen and oxygen atoms in total. The molecule has 1 spiro atoms. The number of aryl methyl sites for hydroxylation is 1. The van der Waals surface area contributed by atoms with E-state index in [0.717, 1.165) is 32.5 Å². The summed E-state index contributed by atoms with van der Waals surface area (Å²) in [7, 11) is 2.19. The standard InChI is InChI=1S/C16H24N2O/c1-13-3-5-14(6-4-13)18(2)15-11-16(19-12-15)7-9-17-10-8-16/h3-6,15,17H,7-12H2,1-2H3. The van der Waals surface area contributed by atoms with Gasteiger partial charge in [-0.15, -0.1) is 0 Å². The lowest BCUT2D eigenvalue weighted by Crippen LogP contribution is -2.42. The van der Waals surface area contributed by atoms with E-state index < -0.39 is 0 Å². The summed E-state index contributed by atoms with van der Waals surface area (Å²) in [5, 5.41) is 3.42. The number of nitrogens with zero attached hydrogens (tertiary/aromatic N) is 1. The van der Waals surface area contributed by atoms with Gasteiger partial charge in [0.2, 0.25) is 0 Å². The Morgan fingerprint density at radius 2 is 1.89 bits per heavy atom. The van der Waals surface area contributed by atoms with Gasteiger partial charge in [-0.1, -0.05) is 17.7 Å².